The lowest BCUT2D eigenvalue weighted by molar-refractivity contribution is -0.131. The van der Waals surface area contributed by atoms with Crippen molar-refractivity contribution in [1.29, 1.82) is 0 Å². The highest BCUT2D eigenvalue weighted by Crippen LogP contribution is 2.26. The lowest BCUT2D eigenvalue weighted by Crippen LogP contribution is -2.32. The molecule has 6 heteroatoms. The third kappa shape index (κ3) is 3.60. The summed E-state index contributed by atoms with van der Waals surface area (Å²) in [5, 5.41) is 18.2. The minimum Gasteiger partial charge on any atom is -0.478 e. The van der Waals surface area contributed by atoms with Crippen LogP contribution >= 0.6 is 0 Å². The van der Waals surface area contributed by atoms with E-state index in [1.54, 1.807) is 18.5 Å². The summed E-state index contributed by atoms with van der Waals surface area (Å²) in [6, 6.07) is 7.58. The van der Waals surface area contributed by atoms with Gasteiger partial charge >= 0.3 is 5.97 Å². The van der Waals surface area contributed by atoms with Crippen LogP contribution in [-0.2, 0) is 4.79 Å². The summed E-state index contributed by atoms with van der Waals surface area (Å²) in [5.41, 5.74) is 2.38. The lowest BCUT2D eigenvalue weighted by atomic mass is 10.1. The number of benzene rings is 1. The first-order valence-corrected chi connectivity index (χ1v) is 7.88. The van der Waals surface area contributed by atoms with Gasteiger partial charge in [0.2, 0.25) is 0 Å². The molecule has 0 aliphatic carbocycles. The molecule has 1 unspecified atom stereocenters. The zero-order valence-corrected chi connectivity index (χ0v) is 13.2. The van der Waals surface area contributed by atoms with Crippen LogP contribution in [0.4, 0.5) is 5.82 Å². The van der Waals surface area contributed by atoms with E-state index in [4.69, 9.17) is 5.11 Å². The van der Waals surface area contributed by atoms with Crippen LogP contribution in [0.15, 0.2) is 42.7 Å². The molecule has 1 aliphatic rings. The molecular formula is C18H19N3O3. The highest BCUT2D eigenvalue weighted by Gasteiger charge is 2.25. The number of anilines is 1. The molecule has 1 aromatic carbocycles. The molecule has 0 saturated carbocycles. The number of carboxylic acid groups (broad SMARTS) is 1. The first-order valence-electron chi connectivity index (χ1n) is 7.88. The molecule has 1 fully saturated rings. The number of aliphatic hydroxyl groups is 1. The maximum absolute atomic E-state index is 10.6. The van der Waals surface area contributed by atoms with E-state index in [9.17, 15) is 9.90 Å². The highest BCUT2D eigenvalue weighted by molar-refractivity contribution is 5.85. The normalized spacial score (nSPS) is 17.5. The topological polar surface area (TPSA) is 86.5 Å². The summed E-state index contributed by atoms with van der Waals surface area (Å²) in [6.45, 7) is 0.978. The Bertz CT molecular complexity index is 761. The number of rotatable bonds is 5. The SMILES string of the molecule is O=C(O)/C=C/c1cccc(-c2cncc(N3CCCC3CO)n2)c1. The molecule has 24 heavy (non-hydrogen) atoms. The minimum atomic E-state index is -0.980. The van der Waals surface area contributed by atoms with E-state index in [0.29, 0.717) is 0 Å². The first kappa shape index (κ1) is 16.1. The number of carboxylic acids is 1. The van der Waals surface area contributed by atoms with Crippen molar-refractivity contribution in [3.63, 3.8) is 0 Å². The monoisotopic (exact) mass is 325 g/mol. The van der Waals surface area contributed by atoms with E-state index < -0.39 is 5.97 Å². The van der Waals surface area contributed by atoms with Gasteiger partial charge in [-0.3, -0.25) is 4.98 Å². The van der Waals surface area contributed by atoms with E-state index in [0.717, 1.165) is 48.1 Å². The third-order valence-corrected chi connectivity index (χ3v) is 4.10. The Morgan fingerprint density at radius 1 is 1.38 bits per heavy atom. The molecule has 0 bridgehead atoms. The summed E-state index contributed by atoms with van der Waals surface area (Å²) in [4.78, 5) is 21.7. The van der Waals surface area contributed by atoms with E-state index in [1.165, 1.54) is 0 Å². The van der Waals surface area contributed by atoms with E-state index in [2.05, 4.69) is 14.9 Å². The molecule has 3 rings (SSSR count). The first-order chi connectivity index (χ1) is 11.7. The van der Waals surface area contributed by atoms with Crippen molar-refractivity contribution in [2.24, 2.45) is 0 Å². The molecule has 124 valence electrons. The fourth-order valence-electron chi connectivity index (χ4n) is 2.93. The van der Waals surface area contributed by atoms with Gasteiger partial charge < -0.3 is 15.1 Å². The number of aliphatic hydroxyl groups excluding tert-OH is 1. The predicted molar refractivity (Wildman–Crippen MR) is 91.6 cm³/mol. The maximum Gasteiger partial charge on any atom is 0.328 e. The molecule has 1 aromatic heterocycles. The van der Waals surface area contributed by atoms with Crippen molar-refractivity contribution in [3.8, 4) is 11.3 Å². The number of hydrogen-bond donors (Lipinski definition) is 2. The van der Waals surface area contributed by atoms with Crippen molar-refractivity contribution in [3.05, 3.63) is 48.3 Å². The summed E-state index contributed by atoms with van der Waals surface area (Å²) < 4.78 is 0. The molecule has 0 radical (unpaired) electrons. The van der Waals surface area contributed by atoms with Gasteiger partial charge in [-0.2, -0.15) is 0 Å². The smallest absolute Gasteiger partial charge is 0.328 e. The average molecular weight is 325 g/mol. The van der Waals surface area contributed by atoms with Crippen LogP contribution in [0.5, 0.6) is 0 Å². The van der Waals surface area contributed by atoms with Crippen molar-refractivity contribution in [2.45, 2.75) is 18.9 Å². The van der Waals surface area contributed by atoms with Crippen LogP contribution in [-0.4, -0.2) is 45.3 Å². The molecule has 6 nitrogen and oxygen atoms in total. The van der Waals surface area contributed by atoms with Crippen LogP contribution in [0.3, 0.4) is 0 Å². The standard InChI is InChI=1S/C18H19N3O3/c22-12-15-5-2-8-21(15)17-11-19-10-16(20-17)14-4-1-3-13(9-14)6-7-18(23)24/h1,3-4,6-7,9-11,15,22H,2,5,8,12H2,(H,23,24)/b7-6+. The third-order valence-electron chi connectivity index (χ3n) is 4.10. The predicted octanol–water partition coefficient (Wildman–Crippen LogP) is 2.20. The number of aliphatic carboxylic acids is 1. The van der Waals surface area contributed by atoms with Crippen LogP contribution in [0.1, 0.15) is 18.4 Å². The van der Waals surface area contributed by atoms with Crippen LogP contribution in [0.25, 0.3) is 17.3 Å². The van der Waals surface area contributed by atoms with Gasteiger partial charge in [0.1, 0.15) is 5.82 Å². The van der Waals surface area contributed by atoms with Crippen LogP contribution < -0.4 is 4.90 Å². The molecule has 1 aliphatic heterocycles. The van der Waals surface area contributed by atoms with Crippen molar-refractivity contribution >= 4 is 17.9 Å². The van der Waals surface area contributed by atoms with Gasteiger partial charge in [0, 0.05) is 18.2 Å². The average Bonchev–Trinajstić information content (AvgIpc) is 3.09. The second-order valence-electron chi connectivity index (χ2n) is 5.73. The molecule has 0 spiro atoms. The van der Waals surface area contributed by atoms with Gasteiger partial charge in [0.15, 0.2) is 0 Å². The number of carbonyl (C=O) groups is 1. The largest absolute Gasteiger partial charge is 0.478 e. The second-order valence-corrected chi connectivity index (χ2v) is 5.73. The molecule has 1 atom stereocenters. The number of aromatic nitrogens is 2. The Hall–Kier alpha value is -2.73. The van der Waals surface area contributed by atoms with Gasteiger partial charge in [-0.15, -0.1) is 0 Å². The zero-order valence-electron chi connectivity index (χ0n) is 13.2. The van der Waals surface area contributed by atoms with E-state index >= 15 is 0 Å². The van der Waals surface area contributed by atoms with Gasteiger partial charge in [0.25, 0.3) is 0 Å². The van der Waals surface area contributed by atoms with Gasteiger partial charge in [0.05, 0.1) is 30.7 Å². The minimum absolute atomic E-state index is 0.0967. The summed E-state index contributed by atoms with van der Waals surface area (Å²) in [6.07, 6.45) is 8.05. The fourth-order valence-corrected chi connectivity index (χ4v) is 2.93. The van der Waals surface area contributed by atoms with Crippen molar-refractivity contribution in [2.75, 3.05) is 18.1 Å². The lowest BCUT2D eigenvalue weighted by Gasteiger charge is -2.24. The molecular weight excluding hydrogens is 306 g/mol. The van der Waals surface area contributed by atoms with Crippen LogP contribution in [0.2, 0.25) is 0 Å². The maximum atomic E-state index is 10.6. The zero-order chi connectivity index (χ0) is 16.9. The Kier molecular flexibility index (Phi) is 4.86. The number of nitrogens with zero attached hydrogens (tertiary/aromatic N) is 3. The van der Waals surface area contributed by atoms with Gasteiger partial charge in [-0.1, -0.05) is 18.2 Å². The van der Waals surface area contributed by atoms with E-state index in [1.807, 2.05) is 24.3 Å². The molecule has 0 amide bonds. The molecule has 2 N–H and O–H groups in total. The molecule has 2 aromatic rings. The van der Waals surface area contributed by atoms with Gasteiger partial charge in [-0.25, -0.2) is 9.78 Å². The number of hydrogen-bond acceptors (Lipinski definition) is 5. The van der Waals surface area contributed by atoms with E-state index in [-0.39, 0.29) is 12.6 Å². The van der Waals surface area contributed by atoms with Crippen molar-refractivity contribution < 1.29 is 15.0 Å². The summed E-state index contributed by atoms with van der Waals surface area (Å²) >= 11 is 0. The molecule has 2 heterocycles. The summed E-state index contributed by atoms with van der Waals surface area (Å²) in [5.74, 6) is -0.221. The van der Waals surface area contributed by atoms with Crippen molar-refractivity contribution in [1.82, 2.24) is 9.97 Å². The molecule has 1 saturated heterocycles. The Balaban J connectivity index is 1.89. The fraction of sp³-hybridized carbons (Fsp3) is 0.278. The Morgan fingerprint density at radius 3 is 3.04 bits per heavy atom. The Morgan fingerprint density at radius 2 is 2.25 bits per heavy atom. The Labute approximate surface area is 140 Å². The van der Waals surface area contributed by atoms with Gasteiger partial charge in [-0.05, 0) is 30.5 Å². The highest BCUT2D eigenvalue weighted by atomic mass is 16.4. The quantitative estimate of drug-likeness (QED) is 0.820. The van der Waals surface area contributed by atoms with Crippen LogP contribution in [0, 0.1) is 0 Å². The summed E-state index contributed by atoms with van der Waals surface area (Å²) in [7, 11) is 0. The second kappa shape index (κ2) is 7.23.